The van der Waals surface area contributed by atoms with Crippen LogP contribution in [0, 0.1) is 12.7 Å². The number of methoxy groups -OCH3 is 2. The van der Waals surface area contributed by atoms with E-state index in [2.05, 4.69) is 25.4 Å². The number of aromatic nitrogens is 5. The number of pyridine rings is 1. The molecule has 0 amide bonds. The molecule has 0 aliphatic carbocycles. The number of anilines is 2. The Morgan fingerprint density at radius 1 is 1.10 bits per heavy atom. The van der Waals surface area contributed by atoms with Crippen molar-refractivity contribution in [1.82, 2.24) is 24.7 Å². The first-order chi connectivity index (χ1) is 19.0. The molecule has 0 aliphatic rings. The zero-order valence-corrected chi connectivity index (χ0v) is 22.0. The highest BCUT2D eigenvalue weighted by atomic mass is 35.5. The van der Waals surface area contributed by atoms with Crippen molar-refractivity contribution < 1.29 is 36.6 Å². The van der Waals surface area contributed by atoms with Gasteiger partial charge in [0.15, 0.2) is 11.5 Å². The highest BCUT2D eigenvalue weighted by Gasteiger charge is 2.35. The quantitative estimate of drug-likeness (QED) is 0.158. The van der Waals surface area contributed by atoms with E-state index in [9.17, 15) is 22.4 Å². The van der Waals surface area contributed by atoms with Crippen LogP contribution in [0.5, 0.6) is 5.88 Å². The minimum Gasteiger partial charge on any atom is -0.475 e. The maximum absolute atomic E-state index is 13.6. The van der Waals surface area contributed by atoms with Gasteiger partial charge in [-0.1, -0.05) is 11.6 Å². The number of nitrogens with one attached hydrogen (secondary N) is 1. The molecular weight excluding hydrogens is 560 g/mol. The van der Waals surface area contributed by atoms with Gasteiger partial charge in [-0.25, -0.2) is 23.8 Å². The lowest BCUT2D eigenvalue weighted by Gasteiger charge is -2.15. The standard InChI is InChI=1S/C25H21ClF4N6O4/c1-13-8-20(25(28,29)30)35-36(13)21-17(12-32-24(34-21)33-15-4-5-19(27)18(26)10-15)14-9-16(23(37)39-3)22(31-11-14)40-7-6-38-2/h4-5,8-12H,6-7H2,1-3H3,(H,32,33,34). The third-order valence-electron chi connectivity index (χ3n) is 5.42. The van der Waals surface area contributed by atoms with E-state index >= 15 is 0 Å². The first-order valence-corrected chi connectivity index (χ1v) is 11.8. The van der Waals surface area contributed by atoms with Gasteiger partial charge in [0.2, 0.25) is 11.8 Å². The van der Waals surface area contributed by atoms with Crippen molar-refractivity contribution in [3.05, 3.63) is 70.5 Å². The predicted octanol–water partition coefficient (Wildman–Crippen LogP) is 5.40. The molecule has 0 fully saturated rings. The third-order valence-corrected chi connectivity index (χ3v) is 5.71. The summed E-state index contributed by atoms with van der Waals surface area (Å²) in [4.78, 5) is 25.3. The summed E-state index contributed by atoms with van der Waals surface area (Å²) < 4.78 is 70.3. The molecule has 40 heavy (non-hydrogen) atoms. The molecule has 0 spiro atoms. The molecule has 15 heteroatoms. The van der Waals surface area contributed by atoms with Crippen LogP contribution in [0.1, 0.15) is 21.7 Å². The van der Waals surface area contributed by atoms with Crippen LogP contribution < -0.4 is 10.1 Å². The summed E-state index contributed by atoms with van der Waals surface area (Å²) in [7, 11) is 2.66. The molecule has 210 valence electrons. The van der Waals surface area contributed by atoms with Gasteiger partial charge in [-0.3, -0.25) is 0 Å². The largest absolute Gasteiger partial charge is 0.475 e. The number of ether oxygens (including phenoxy) is 3. The van der Waals surface area contributed by atoms with E-state index in [1.54, 1.807) is 0 Å². The molecule has 1 N–H and O–H groups in total. The van der Waals surface area contributed by atoms with Gasteiger partial charge < -0.3 is 19.5 Å². The second-order valence-electron chi connectivity index (χ2n) is 8.17. The molecule has 0 atom stereocenters. The fourth-order valence-electron chi connectivity index (χ4n) is 3.52. The molecule has 1 aromatic carbocycles. The number of alkyl halides is 3. The minimum atomic E-state index is -4.71. The Balaban J connectivity index is 1.85. The van der Waals surface area contributed by atoms with Gasteiger partial charge >= 0.3 is 12.1 Å². The molecule has 4 rings (SSSR count). The van der Waals surface area contributed by atoms with Crippen molar-refractivity contribution in [3.8, 4) is 22.8 Å². The van der Waals surface area contributed by atoms with Crippen LogP contribution >= 0.6 is 11.6 Å². The fraction of sp³-hybridized carbons (Fsp3) is 0.240. The van der Waals surface area contributed by atoms with Crippen molar-refractivity contribution in [1.29, 1.82) is 0 Å². The van der Waals surface area contributed by atoms with Crippen LogP contribution in [0.3, 0.4) is 0 Å². The number of halogens is 5. The van der Waals surface area contributed by atoms with Crippen LogP contribution in [0.2, 0.25) is 5.02 Å². The Morgan fingerprint density at radius 2 is 1.88 bits per heavy atom. The predicted molar refractivity (Wildman–Crippen MR) is 136 cm³/mol. The first-order valence-electron chi connectivity index (χ1n) is 11.5. The van der Waals surface area contributed by atoms with E-state index in [1.807, 2.05) is 0 Å². The fourth-order valence-corrected chi connectivity index (χ4v) is 3.70. The lowest BCUT2D eigenvalue weighted by molar-refractivity contribution is -0.141. The van der Waals surface area contributed by atoms with Crippen LogP contribution in [0.25, 0.3) is 16.9 Å². The van der Waals surface area contributed by atoms with E-state index in [4.69, 9.17) is 25.8 Å². The van der Waals surface area contributed by atoms with Crippen LogP contribution in [-0.4, -0.2) is 58.1 Å². The highest BCUT2D eigenvalue weighted by Crippen LogP contribution is 2.33. The van der Waals surface area contributed by atoms with Crippen molar-refractivity contribution in [2.45, 2.75) is 13.1 Å². The van der Waals surface area contributed by atoms with E-state index < -0.39 is 23.7 Å². The van der Waals surface area contributed by atoms with E-state index in [0.29, 0.717) is 5.69 Å². The number of carbonyl (C=O) groups is 1. The minimum absolute atomic E-state index is 0.0313. The number of benzene rings is 1. The summed E-state index contributed by atoms with van der Waals surface area (Å²) in [5.41, 5.74) is -0.296. The molecule has 3 heterocycles. The zero-order valence-electron chi connectivity index (χ0n) is 21.2. The van der Waals surface area contributed by atoms with Crippen molar-refractivity contribution in [2.75, 3.05) is 32.8 Å². The molecule has 0 aliphatic heterocycles. The summed E-state index contributed by atoms with van der Waals surface area (Å²) in [5, 5.41) is 6.38. The maximum Gasteiger partial charge on any atom is 0.435 e. The number of aryl methyl sites for hydroxylation is 1. The van der Waals surface area contributed by atoms with E-state index in [-0.39, 0.29) is 58.3 Å². The Kier molecular flexibility index (Phi) is 8.49. The van der Waals surface area contributed by atoms with Gasteiger partial charge in [-0.05, 0) is 37.3 Å². The van der Waals surface area contributed by atoms with Crippen LogP contribution in [0.4, 0.5) is 29.2 Å². The lowest BCUT2D eigenvalue weighted by Crippen LogP contribution is -2.12. The Labute approximate surface area is 229 Å². The van der Waals surface area contributed by atoms with Gasteiger partial charge in [-0.15, -0.1) is 0 Å². The highest BCUT2D eigenvalue weighted by molar-refractivity contribution is 6.31. The summed E-state index contributed by atoms with van der Waals surface area (Å²) in [5.74, 6) is -1.55. The molecule has 10 nitrogen and oxygen atoms in total. The maximum atomic E-state index is 13.6. The monoisotopic (exact) mass is 580 g/mol. The van der Waals surface area contributed by atoms with E-state index in [0.717, 1.165) is 16.8 Å². The summed E-state index contributed by atoms with van der Waals surface area (Å²) in [6.07, 6.45) is -2.06. The smallest absolute Gasteiger partial charge is 0.435 e. The first kappa shape index (κ1) is 28.7. The van der Waals surface area contributed by atoms with Crippen molar-refractivity contribution >= 4 is 29.2 Å². The summed E-state index contributed by atoms with van der Waals surface area (Å²) in [6.45, 7) is 1.75. The molecule has 0 saturated heterocycles. The van der Waals surface area contributed by atoms with Crippen LogP contribution in [0.15, 0.2) is 42.7 Å². The topological polar surface area (TPSA) is 113 Å². The second kappa shape index (κ2) is 11.8. The number of esters is 1. The van der Waals surface area contributed by atoms with Gasteiger partial charge in [0.05, 0.1) is 18.7 Å². The average Bonchev–Trinajstić information content (AvgIpc) is 3.32. The number of hydrogen-bond acceptors (Lipinski definition) is 9. The second-order valence-corrected chi connectivity index (χ2v) is 8.58. The molecule has 0 unspecified atom stereocenters. The number of nitrogens with zero attached hydrogens (tertiary/aromatic N) is 5. The number of rotatable bonds is 9. The lowest BCUT2D eigenvalue weighted by atomic mass is 10.1. The number of hydrogen-bond donors (Lipinski definition) is 1. The van der Waals surface area contributed by atoms with Gasteiger partial charge in [0.1, 0.15) is 18.0 Å². The Bertz CT molecular complexity index is 1550. The van der Waals surface area contributed by atoms with Gasteiger partial charge in [0.25, 0.3) is 0 Å². The van der Waals surface area contributed by atoms with Gasteiger partial charge in [-0.2, -0.15) is 23.3 Å². The zero-order chi connectivity index (χ0) is 29.0. The van der Waals surface area contributed by atoms with Gasteiger partial charge in [0, 0.05) is 42.0 Å². The summed E-state index contributed by atoms with van der Waals surface area (Å²) >= 11 is 5.85. The normalized spacial score (nSPS) is 11.4. The molecule has 4 aromatic rings. The molecule has 0 saturated carbocycles. The molecule has 3 aromatic heterocycles. The van der Waals surface area contributed by atoms with Crippen molar-refractivity contribution in [2.24, 2.45) is 0 Å². The average molecular weight is 581 g/mol. The molecule has 0 bridgehead atoms. The third kappa shape index (κ3) is 6.29. The molecular formula is C25H21ClF4N6O4. The molecule has 0 radical (unpaired) electrons. The Hall–Kier alpha value is -4.30. The van der Waals surface area contributed by atoms with E-state index in [1.165, 1.54) is 51.7 Å². The number of carbonyl (C=O) groups excluding carboxylic acids is 1. The summed E-state index contributed by atoms with van der Waals surface area (Å²) in [6, 6.07) is 6.06. The van der Waals surface area contributed by atoms with Crippen LogP contribution in [-0.2, 0) is 15.7 Å². The van der Waals surface area contributed by atoms with Crippen molar-refractivity contribution in [3.63, 3.8) is 0 Å². The SMILES string of the molecule is COCCOc1ncc(-c2cnc(Nc3ccc(F)c(Cl)c3)nc2-n2nc(C(F)(F)F)cc2C)cc1C(=O)OC. The Morgan fingerprint density at radius 3 is 2.52 bits per heavy atom.